The first-order valence-corrected chi connectivity index (χ1v) is 8.83. The van der Waals surface area contributed by atoms with Crippen molar-refractivity contribution in [3.05, 3.63) is 0 Å². The fraction of sp³-hybridized carbons (Fsp3) is 1.00. The van der Waals surface area contributed by atoms with Gasteiger partial charge in [0, 0.05) is 19.8 Å². The average molecular weight is 248 g/mol. The van der Waals surface area contributed by atoms with Crippen LogP contribution in [0.5, 0.6) is 0 Å². The molecule has 98 valence electrons. The van der Waals surface area contributed by atoms with Crippen LogP contribution in [0.1, 0.15) is 47.0 Å². The third-order valence-corrected chi connectivity index (χ3v) is 5.53. The van der Waals surface area contributed by atoms with Crippen molar-refractivity contribution in [2.45, 2.75) is 53.0 Å². The van der Waals surface area contributed by atoms with Crippen LogP contribution in [0.25, 0.3) is 0 Å². The molecule has 16 heavy (non-hydrogen) atoms. The minimum atomic E-state index is -2.07. The molecule has 0 saturated heterocycles. The SMILES string of the molecule is CCCOC[Si](CC)(OCCC)OCCC. The second kappa shape index (κ2) is 10.3. The van der Waals surface area contributed by atoms with Gasteiger partial charge < -0.3 is 13.6 Å². The van der Waals surface area contributed by atoms with Crippen molar-refractivity contribution in [3.8, 4) is 0 Å². The van der Waals surface area contributed by atoms with E-state index in [2.05, 4.69) is 27.7 Å². The van der Waals surface area contributed by atoms with Gasteiger partial charge in [0.15, 0.2) is 0 Å². The second-order valence-electron chi connectivity index (χ2n) is 4.01. The Balaban J connectivity index is 4.16. The Morgan fingerprint density at radius 2 is 1.25 bits per heavy atom. The van der Waals surface area contributed by atoms with Gasteiger partial charge in [-0.25, -0.2) is 0 Å². The lowest BCUT2D eigenvalue weighted by molar-refractivity contribution is 0.0996. The number of hydrogen-bond donors (Lipinski definition) is 0. The lowest BCUT2D eigenvalue weighted by atomic mass is 10.5. The van der Waals surface area contributed by atoms with Gasteiger partial charge in [0.1, 0.15) is 0 Å². The largest absolute Gasteiger partial charge is 0.393 e. The summed E-state index contributed by atoms with van der Waals surface area (Å²) in [6.07, 6.45) is 3.81. The van der Waals surface area contributed by atoms with Crippen molar-refractivity contribution in [1.29, 1.82) is 0 Å². The van der Waals surface area contributed by atoms with Crippen LogP contribution in [-0.4, -0.2) is 34.6 Å². The van der Waals surface area contributed by atoms with Gasteiger partial charge in [-0.3, -0.25) is 0 Å². The lowest BCUT2D eigenvalue weighted by Gasteiger charge is -2.29. The summed E-state index contributed by atoms with van der Waals surface area (Å²) in [5, 5.41) is 0. The van der Waals surface area contributed by atoms with Crippen LogP contribution in [0.3, 0.4) is 0 Å². The molecule has 0 aromatic heterocycles. The molecule has 0 unspecified atom stereocenters. The van der Waals surface area contributed by atoms with Crippen LogP contribution in [0.15, 0.2) is 0 Å². The van der Waals surface area contributed by atoms with Crippen LogP contribution in [0.2, 0.25) is 6.04 Å². The molecule has 0 aromatic carbocycles. The van der Waals surface area contributed by atoms with Crippen LogP contribution >= 0.6 is 0 Å². The van der Waals surface area contributed by atoms with Gasteiger partial charge in [-0.15, -0.1) is 0 Å². The highest BCUT2D eigenvalue weighted by molar-refractivity contribution is 6.67. The molecule has 0 aromatic rings. The molecule has 0 rings (SSSR count). The van der Waals surface area contributed by atoms with Crippen LogP contribution in [-0.2, 0) is 13.6 Å². The maximum Gasteiger partial charge on any atom is 0.364 e. The summed E-state index contributed by atoms with van der Waals surface area (Å²) < 4.78 is 17.6. The standard InChI is InChI=1S/C12H28O3Si/c1-5-9-13-12-16(8-4,14-10-6-2)15-11-7-3/h5-12H2,1-4H3. The smallest absolute Gasteiger partial charge is 0.364 e. The third-order valence-electron chi connectivity index (χ3n) is 2.35. The predicted octanol–water partition coefficient (Wildman–Crippen LogP) is 3.27. The van der Waals surface area contributed by atoms with Crippen LogP contribution in [0.4, 0.5) is 0 Å². The van der Waals surface area contributed by atoms with Crippen molar-refractivity contribution in [2.24, 2.45) is 0 Å². The molecule has 3 nitrogen and oxygen atoms in total. The maximum atomic E-state index is 5.97. The van der Waals surface area contributed by atoms with E-state index in [1.165, 1.54) is 0 Å². The van der Waals surface area contributed by atoms with Crippen molar-refractivity contribution >= 4 is 8.56 Å². The molecule has 0 fully saturated rings. The highest BCUT2D eigenvalue weighted by atomic mass is 28.4. The van der Waals surface area contributed by atoms with E-state index in [4.69, 9.17) is 13.6 Å². The summed E-state index contributed by atoms with van der Waals surface area (Å²) in [6.45, 7) is 10.9. The van der Waals surface area contributed by atoms with Gasteiger partial charge >= 0.3 is 8.56 Å². The normalized spacial score (nSPS) is 12.0. The zero-order chi connectivity index (χ0) is 12.3. The van der Waals surface area contributed by atoms with Gasteiger partial charge in [0.25, 0.3) is 0 Å². The van der Waals surface area contributed by atoms with Gasteiger partial charge in [-0.05, 0) is 25.3 Å². The summed E-state index contributed by atoms with van der Waals surface area (Å²) in [6, 6.07) is 0.969. The van der Waals surface area contributed by atoms with E-state index in [0.29, 0.717) is 6.23 Å². The summed E-state index contributed by atoms with van der Waals surface area (Å²) in [5.74, 6) is 0. The van der Waals surface area contributed by atoms with Gasteiger partial charge in [-0.2, -0.15) is 0 Å². The van der Waals surface area contributed by atoms with Crippen molar-refractivity contribution in [1.82, 2.24) is 0 Å². The first-order valence-electron chi connectivity index (χ1n) is 6.60. The van der Waals surface area contributed by atoms with E-state index >= 15 is 0 Å². The lowest BCUT2D eigenvalue weighted by Crippen LogP contribution is -2.47. The van der Waals surface area contributed by atoms with Crippen molar-refractivity contribution in [2.75, 3.05) is 26.1 Å². The molecule has 0 aliphatic carbocycles. The van der Waals surface area contributed by atoms with E-state index in [-0.39, 0.29) is 0 Å². The molecule has 0 aliphatic rings. The highest BCUT2D eigenvalue weighted by Crippen LogP contribution is 2.15. The summed E-state index contributed by atoms with van der Waals surface area (Å²) in [5.41, 5.74) is 0. The highest BCUT2D eigenvalue weighted by Gasteiger charge is 2.35. The maximum absolute atomic E-state index is 5.97. The van der Waals surface area contributed by atoms with Gasteiger partial charge in [0.05, 0.1) is 6.23 Å². The molecular weight excluding hydrogens is 220 g/mol. The molecule has 0 atom stereocenters. The van der Waals surface area contributed by atoms with E-state index in [9.17, 15) is 0 Å². The molecule has 0 heterocycles. The van der Waals surface area contributed by atoms with Crippen molar-refractivity contribution < 1.29 is 13.6 Å². The van der Waals surface area contributed by atoms with E-state index in [0.717, 1.165) is 45.1 Å². The van der Waals surface area contributed by atoms with Gasteiger partial charge in [0.2, 0.25) is 0 Å². The zero-order valence-electron chi connectivity index (χ0n) is 11.4. The first-order chi connectivity index (χ1) is 7.74. The molecule has 0 amide bonds. The molecular formula is C12H28O3Si. The molecule has 4 heteroatoms. The predicted molar refractivity (Wildman–Crippen MR) is 69.8 cm³/mol. The first kappa shape index (κ1) is 16.1. The summed E-state index contributed by atoms with van der Waals surface area (Å²) in [4.78, 5) is 0. The minimum absolute atomic E-state index is 0.678. The van der Waals surface area contributed by atoms with Crippen LogP contribution in [0, 0.1) is 0 Å². The van der Waals surface area contributed by atoms with E-state index in [1.807, 2.05) is 0 Å². The molecule has 0 aliphatic heterocycles. The van der Waals surface area contributed by atoms with Crippen molar-refractivity contribution in [3.63, 3.8) is 0 Å². The third kappa shape index (κ3) is 6.63. The second-order valence-corrected chi connectivity index (χ2v) is 7.41. The summed E-state index contributed by atoms with van der Waals surface area (Å²) >= 11 is 0. The Morgan fingerprint density at radius 3 is 1.62 bits per heavy atom. The minimum Gasteiger partial charge on any atom is -0.393 e. The average Bonchev–Trinajstić information content (AvgIpc) is 2.32. The Kier molecular flexibility index (Phi) is 10.3. The molecule has 0 bridgehead atoms. The number of ether oxygens (including phenoxy) is 1. The molecule has 0 N–H and O–H groups in total. The van der Waals surface area contributed by atoms with Gasteiger partial charge in [-0.1, -0.05) is 27.7 Å². The fourth-order valence-corrected chi connectivity index (χ4v) is 3.85. The molecule has 0 radical (unpaired) electrons. The van der Waals surface area contributed by atoms with Crippen LogP contribution < -0.4 is 0 Å². The zero-order valence-corrected chi connectivity index (χ0v) is 12.4. The monoisotopic (exact) mass is 248 g/mol. The molecule has 0 saturated carbocycles. The topological polar surface area (TPSA) is 27.7 Å². The Hall–Kier alpha value is 0.0969. The molecule has 0 spiro atoms. The van der Waals surface area contributed by atoms with E-state index in [1.54, 1.807) is 0 Å². The fourth-order valence-electron chi connectivity index (χ4n) is 1.38. The van der Waals surface area contributed by atoms with E-state index < -0.39 is 8.56 Å². The Bertz CT molecular complexity index is 145. The number of hydrogen-bond acceptors (Lipinski definition) is 3. The summed E-state index contributed by atoms with van der Waals surface area (Å²) in [7, 11) is -2.07. The number of rotatable bonds is 11. The Labute approximate surface area is 102 Å². The quantitative estimate of drug-likeness (QED) is 0.415. The Morgan fingerprint density at radius 1 is 0.750 bits per heavy atom.